The zero-order valence-corrected chi connectivity index (χ0v) is 13.6. The monoisotopic (exact) mass is 306 g/mol. The lowest BCUT2D eigenvalue weighted by Gasteiger charge is -2.08. The molecule has 0 radical (unpaired) electrons. The lowest BCUT2D eigenvalue weighted by molar-refractivity contribution is 0.614. The number of anilines is 1. The van der Waals surface area contributed by atoms with Gasteiger partial charge in [-0.3, -0.25) is 4.79 Å². The first kappa shape index (κ1) is 15.7. The van der Waals surface area contributed by atoms with Crippen LogP contribution in [0.1, 0.15) is 40.0 Å². The van der Waals surface area contributed by atoms with Gasteiger partial charge in [0.15, 0.2) is 5.01 Å². The standard InChI is InChI=1S/C15H22N4OS/c1-4-6-9-19-10-7-8-12(14(19)20)13-17-18-15(21-13)16-11(3)5-2/h7-8,10-11H,4-6,9H2,1-3H3,(H,16,18). The average Bonchev–Trinajstić information content (AvgIpc) is 2.94. The number of hydrogen-bond acceptors (Lipinski definition) is 5. The Hall–Kier alpha value is -1.69. The van der Waals surface area contributed by atoms with Gasteiger partial charge in [0, 0.05) is 18.8 Å². The molecular formula is C15H22N4OS. The molecule has 0 spiro atoms. The van der Waals surface area contributed by atoms with Crippen molar-refractivity contribution in [3.8, 4) is 10.6 Å². The van der Waals surface area contributed by atoms with Crippen LogP contribution in [0.15, 0.2) is 23.1 Å². The molecule has 0 aliphatic carbocycles. The molecule has 0 fully saturated rings. The van der Waals surface area contributed by atoms with Gasteiger partial charge in [-0.2, -0.15) is 0 Å². The summed E-state index contributed by atoms with van der Waals surface area (Å²) in [5.41, 5.74) is 0.639. The minimum Gasteiger partial charge on any atom is -0.358 e. The number of aryl methyl sites for hydroxylation is 1. The normalized spacial score (nSPS) is 12.3. The summed E-state index contributed by atoms with van der Waals surface area (Å²) in [5.74, 6) is 0. The first-order chi connectivity index (χ1) is 10.2. The number of pyridine rings is 1. The fourth-order valence-corrected chi connectivity index (χ4v) is 2.78. The van der Waals surface area contributed by atoms with Crippen LogP contribution in [0.25, 0.3) is 10.6 Å². The molecule has 1 atom stereocenters. The molecule has 6 heteroatoms. The lowest BCUT2D eigenvalue weighted by Crippen LogP contribution is -2.20. The second-order valence-electron chi connectivity index (χ2n) is 5.14. The van der Waals surface area contributed by atoms with Gasteiger partial charge in [-0.1, -0.05) is 31.6 Å². The molecule has 0 aliphatic heterocycles. The summed E-state index contributed by atoms with van der Waals surface area (Å²) in [6.07, 6.45) is 4.92. The number of nitrogens with zero attached hydrogens (tertiary/aromatic N) is 3. The minimum atomic E-state index is 0.0113. The molecule has 21 heavy (non-hydrogen) atoms. The van der Waals surface area contributed by atoms with Crippen LogP contribution >= 0.6 is 11.3 Å². The molecule has 1 N–H and O–H groups in total. The highest BCUT2D eigenvalue weighted by Crippen LogP contribution is 2.24. The Morgan fingerprint density at radius 1 is 1.38 bits per heavy atom. The van der Waals surface area contributed by atoms with Gasteiger partial charge in [-0.25, -0.2) is 0 Å². The quantitative estimate of drug-likeness (QED) is 0.852. The van der Waals surface area contributed by atoms with Crippen molar-refractivity contribution in [1.82, 2.24) is 14.8 Å². The maximum atomic E-state index is 12.4. The van der Waals surface area contributed by atoms with Crippen molar-refractivity contribution in [3.05, 3.63) is 28.7 Å². The second-order valence-corrected chi connectivity index (χ2v) is 6.12. The average molecular weight is 306 g/mol. The van der Waals surface area contributed by atoms with Gasteiger partial charge in [0.2, 0.25) is 5.13 Å². The van der Waals surface area contributed by atoms with Gasteiger partial charge < -0.3 is 9.88 Å². The van der Waals surface area contributed by atoms with Crippen LogP contribution in [0.3, 0.4) is 0 Å². The van der Waals surface area contributed by atoms with E-state index >= 15 is 0 Å². The van der Waals surface area contributed by atoms with E-state index in [1.54, 1.807) is 4.57 Å². The topological polar surface area (TPSA) is 59.8 Å². The van der Waals surface area contributed by atoms with Gasteiger partial charge in [-0.15, -0.1) is 10.2 Å². The molecule has 2 rings (SSSR count). The van der Waals surface area contributed by atoms with Gasteiger partial charge in [0.1, 0.15) is 0 Å². The van der Waals surface area contributed by atoms with Gasteiger partial charge in [-0.05, 0) is 31.9 Å². The van der Waals surface area contributed by atoms with Crippen molar-refractivity contribution in [3.63, 3.8) is 0 Å². The van der Waals surface area contributed by atoms with Crippen molar-refractivity contribution < 1.29 is 0 Å². The SMILES string of the molecule is CCCCn1cccc(-c2nnc(NC(C)CC)s2)c1=O. The van der Waals surface area contributed by atoms with E-state index in [0.717, 1.165) is 30.9 Å². The largest absolute Gasteiger partial charge is 0.358 e. The van der Waals surface area contributed by atoms with E-state index in [-0.39, 0.29) is 5.56 Å². The third-order valence-corrected chi connectivity index (χ3v) is 4.30. The van der Waals surface area contributed by atoms with E-state index in [9.17, 15) is 4.79 Å². The van der Waals surface area contributed by atoms with Crippen molar-refractivity contribution >= 4 is 16.5 Å². The zero-order valence-electron chi connectivity index (χ0n) is 12.8. The summed E-state index contributed by atoms with van der Waals surface area (Å²) in [4.78, 5) is 12.4. The first-order valence-electron chi connectivity index (χ1n) is 7.45. The summed E-state index contributed by atoms with van der Waals surface area (Å²) >= 11 is 1.43. The Morgan fingerprint density at radius 2 is 2.19 bits per heavy atom. The number of aromatic nitrogens is 3. The Bertz CT molecular complexity index is 635. The highest BCUT2D eigenvalue weighted by Gasteiger charge is 2.12. The van der Waals surface area contributed by atoms with Gasteiger partial charge >= 0.3 is 0 Å². The van der Waals surface area contributed by atoms with E-state index in [4.69, 9.17) is 0 Å². The zero-order chi connectivity index (χ0) is 15.2. The maximum Gasteiger partial charge on any atom is 0.260 e. The summed E-state index contributed by atoms with van der Waals surface area (Å²) in [5, 5.41) is 13.0. The second kappa shape index (κ2) is 7.36. The van der Waals surface area contributed by atoms with Crippen molar-refractivity contribution in [2.45, 2.75) is 52.6 Å². The maximum absolute atomic E-state index is 12.4. The highest BCUT2D eigenvalue weighted by atomic mass is 32.1. The summed E-state index contributed by atoms with van der Waals surface area (Å²) in [6.45, 7) is 7.08. The van der Waals surface area contributed by atoms with E-state index in [2.05, 4.69) is 36.3 Å². The predicted molar refractivity (Wildman–Crippen MR) is 87.9 cm³/mol. The van der Waals surface area contributed by atoms with E-state index in [1.165, 1.54) is 11.3 Å². The Morgan fingerprint density at radius 3 is 2.90 bits per heavy atom. The lowest BCUT2D eigenvalue weighted by atomic mass is 10.2. The molecule has 0 amide bonds. The van der Waals surface area contributed by atoms with Crippen LogP contribution in [0, 0.1) is 0 Å². The third-order valence-electron chi connectivity index (χ3n) is 3.41. The molecule has 0 aliphatic rings. The van der Waals surface area contributed by atoms with E-state index in [0.29, 0.717) is 16.6 Å². The van der Waals surface area contributed by atoms with Crippen LogP contribution in [-0.2, 0) is 6.54 Å². The molecule has 0 aromatic carbocycles. The molecule has 0 saturated carbocycles. The van der Waals surface area contributed by atoms with Crippen LogP contribution in [0.5, 0.6) is 0 Å². The summed E-state index contributed by atoms with van der Waals surface area (Å²) in [6, 6.07) is 4.07. The van der Waals surface area contributed by atoms with Crippen molar-refractivity contribution in [1.29, 1.82) is 0 Å². The summed E-state index contributed by atoms with van der Waals surface area (Å²) in [7, 11) is 0. The first-order valence-corrected chi connectivity index (χ1v) is 8.27. The molecule has 114 valence electrons. The fraction of sp³-hybridized carbons (Fsp3) is 0.533. The molecular weight excluding hydrogens is 284 g/mol. The Balaban J connectivity index is 2.24. The van der Waals surface area contributed by atoms with Crippen LogP contribution in [0.4, 0.5) is 5.13 Å². The number of nitrogens with one attached hydrogen (secondary N) is 1. The molecule has 2 aromatic heterocycles. The van der Waals surface area contributed by atoms with Crippen molar-refractivity contribution in [2.24, 2.45) is 0 Å². The number of hydrogen-bond donors (Lipinski definition) is 1. The van der Waals surface area contributed by atoms with E-state index < -0.39 is 0 Å². The van der Waals surface area contributed by atoms with Crippen LogP contribution < -0.4 is 10.9 Å². The number of unbranched alkanes of at least 4 members (excludes halogenated alkanes) is 1. The molecule has 5 nitrogen and oxygen atoms in total. The fourth-order valence-electron chi connectivity index (χ4n) is 1.91. The molecule has 0 bridgehead atoms. The number of rotatable bonds is 7. The van der Waals surface area contributed by atoms with E-state index in [1.807, 2.05) is 18.3 Å². The van der Waals surface area contributed by atoms with Gasteiger partial charge in [0.05, 0.1) is 5.56 Å². The van der Waals surface area contributed by atoms with Crippen molar-refractivity contribution in [2.75, 3.05) is 5.32 Å². The smallest absolute Gasteiger partial charge is 0.260 e. The van der Waals surface area contributed by atoms with Crippen LogP contribution in [0.2, 0.25) is 0 Å². The third kappa shape index (κ3) is 3.91. The predicted octanol–water partition coefficient (Wildman–Crippen LogP) is 3.38. The Labute approximate surface area is 129 Å². The Kier molecular flexibility index (Phi) is 5.50. The highest BCUT2D eigenvalue weighted by molar-refractivity contribution is 7.18. The van der Waals surface area contributed by atoms with Gasteiger partial charge in [0.25, 0.3) is 5.56 Å². The molecule has 1 unspecified atom stereocenters. The minimum absolute atomic E-state index is 0.0113. The molecule has 2 aromatic rings. The molecule has 2 heterocycles. The summed E-state index contributed by atoms with van der Waals surface area (Å²) < 4.78 is 1.75. The van der Waals surface area contributed by atoms with Crippen LogP contribution in [-0.4, -0.2) is 20.8 Å². The molecule has 0 saturated heterocycles.